The molecule has 0 saturated carbocycles. The summed E-state index contributed by atoms with van der Waals surface area (Å²) in [6, 6.07) is 0. The van der Waals surface area contributed by atoms with Crippen LogP contribution in [0.1, 0.15) is 21.8 Å². The molecule has 1 aromatic rings. The van der Waals surface area contributed by atoms with Gasteiger partial charge in [-0.05, 0) is 6.92 Å². The maximum Gasteiger partial charge on any atom is 0.390 e. The second-order valence-corrected chi connectivity index (χ2v) is 4.22. The van der Waals surface area contributed by atoms with Gasteiger partial charge in [0.1, 0.15) is 4.88 Å². The molecule has 1 rings (SSSR count). The van der Waals surface area contributed by atoms with Crippen molar-refractivity contribution in [1.29, 1.82) is 0 Å². The van der Waals surface area contributed by atoms with Crippen molar-refractivity contribution < 1.29 is 22.7 Å². The molecule has 4 nitrogen and oxygen atoms in total. The summed E-state index contributed by atoms with van der Waals surface area (Å²) in [5.74, 6) is -0.538. The number of carbonyl (C=O) groups is 1. The standard InChI is InChI=1S/C9H11F3N2O2S/c1-5-6(7(15)16-2)17-8(14-5)13-4-3-9(10,11)12/h3-4H2,1-2H3,(H,13,14). The van der Waals surface area contributed by atoms with Gasteiger partial charge in [0.25, 0.3) is 0 Å². The van der Waals surface area contributed by atoms with Crippen LogP contribution in [-0.4, -0.2) is 30.8 Å². The number of hydrogen-bond donors (Lipinski definition) is 1. The Morgan fingerprint density at radius 3 is 2.71 bits per heavy atom. The van der Waals surface area contributed by atoms with Gasteiger partial charge >= 0.3 is 12.1 Å². The highest BCUT2D eigenvalue weighted by atomic mass is 32.1. The van der Waals surface area contributed by atoms with Gasteiger partial charge in [0.15, 0.2) is 5.13 Å². The number of anilines is 1. The number of ether oxygens (including phenoxy) is 1. The lowest BCUT2D eigenvalue weighted by molar-refractivity contribution is -0.131. The van der Waals surface area contributed by atoms with Gasteiger partial charge in [-0.25, -0.2) is 9.78 Å². The Kier molecular flexibility index (Phi) is 4.33. The van der Waals surface area contributed by atoms with E-state index in [1.54, 1.807) is 6.92 Å². The summed E-state index contributed by atoms with van der Waals surface area (Å²) in [4.78, 5) is 15.5. The highest BCUT2D eigenvalue weighted by Gasteiger charge is 2.26. The van der Waals surface area contributed by atoms with Crippen LogP contribution in [-0.2, 0) is 4.74 Å². The van der Waals surface area contributed by atoms with Gasteiger partial charge in [-0.2, -0.15) is 13.2 Å². The molecule has 0 fully saturated rings. The predicted molar refractivity (Wildman–Crippen MR) is 57.4 cm³/mol. The molecule has 0 amide bonds. The SMILES string of the molecule is COC(=O)c1sc(NCCC(F)(F)F)nc1C. The van der Waals surface area contributed by atoms with Crippen LogP contribution in [0.3, 0.4) is 0 Å². The van der Waals surface area contributed by atoms with E-state index >= 15 is 0 Å². The summed E-state index contributed by atoms with van der Waals surface area (Å²) in [5, 5.41) is 2.81. The number of aromatic nitrogens is 1. The third-order valence-corrected chi connectivity index (χ3v) is 2.95. The van der Waals surface area contributed by atoms with E-state index in [2.05, 4.69) is 15.0 Å². The molecule has 8 heteroatoms. The first-order valence-corrected chi connectivity index (χ1v) is 5.51. The van der Waals surface area contributed by atoms with Crippen LogP contribution >= 0.6 is 11.3 Å². The number of thiazole rings is 1. The zero-order valence-electron chi connectivity index (χ0n) is 9.22. The third-order valence-electron chi connectivity index (χ3n) is 1.85. The summed E-state index contributed by atoms with van der Waals surface area (Å²) in [7, 11) is 1.23. The van der Waals surface area contributed by atoms with E-state index in [1.165, 1.54) is 7.11 Å². The molecule has 0 radical (unpaired) electrons. The van der Waals surface area contributed by atoms with Crippen molar-refractivity contribution in [3.63, 3.8) is 0 Å². The molecule has 0 unspecified atom stereocenters. The number of hydrogen-bond acceptors (Lipinski definition) is 5. The minimum atomic E-state index is -4.20. The highest BCUT2D eigenvalue weighted by Crippen LogP contribution is 2.24. The lowest BCUT2D eigenvalue weighted by Gasteiger charge is -2.05. The molecule has 1 heterocycles. The molecule has 0 aliphatic heterocycles. The summed E-state index contributed by atoms with van der Waals surface area (Å²) < 4.78 is 40.2. The van der Waals surface area contributed by atoms with E-state index in [0.717, 1.165) is 11.3 Å². The lowest BCUT2D eigenvalue weighted by atomic mass is 10.4. The Morgan fingerprint density at radius 2 is 2.18 bits per heavy atom. The first-order valence-electron chi connectivity index (χ1n) is 4.70. The molecule has 0 aliphatic carbocycles. The van der Waals surface area contributed by atoms with Gasteiger partial charge < -0.3 is 10.1 Å². The molecule has 96 valence electrons. The number of nitrogens with one attached hydrogen (secondary N) is 1. The van der Waals surface area contributed by atoms with Crippen LogP contribution in [0.15, 0.2) is 0 Å². The van der Waals surface area contributed by atoms with E-state index in [0.29, 0.717) is 10.6 Å². The Balaban J connectivity index is 2.59. The third kappa shape index (κ3) is 4.22. The molecule has 0 atom stereocenters. The molecule has 1 N–H and O–H groups in total. The van der Waals surface area contributed by atoms with Crippen molar-refractivity contribution in [3.8, 4) is 0 Å². The Labute approximate surface area is 99.8 Å². The molecule has 0 spiro atoms. The quantitative estimate of drug-likeness (QED) is 0.853. The number of halogens is 3. The van der Waals surface area contributed by atoms with Crippen LogP contribution in [0.25, 0.3) is 0 Å². The van der Waals surface area contributed by atoms with Crippen LogP contribution in [0.5, 0.6) is 0 Å². The van der Waals surface area contributed by atoms with Crippen molar-refractivity contribution in [1.82, 2.24) is 4.98 Å². The maximum absolute atomic E-state index is 11.9. The predicted octanol–water partition coefficient (Wildman–Crippen LogP) is 2.60. The fraction of sp³-hybridized carbons (Fsp3) is 0.556. The summed E-state index contributed by atoms with van der Waals surface area (Å²) in [5.41, 5.74) is 0.441. The zero-order chi connectivity index (χ0) is 13.1. The number of esters is 1. The van der Waals surface area contributed by atoms with Gasteiger partial charge in [0.2, 0.25) is 0 Å². The minimum absolute atomic E-state index is 0.267. The summed E-state index contributed by atoms with van der Waals surface area (Å²) in [6.45, 7) is 1.33. The molecule has 17 heavy (non-hydrogen) atoms. The average molecular weight is 268 g/mol. The normalized spacial score (nSPS) is 11.4. The number of rotatable bonds is 4. The second kappa shape index (κ2) is 5.35. The monoisotopic (exact) mass is 268 g/mol. The topological polar surface area (TPSA) is 51.2 Å². The van der Waals surface area contributed by atoms with Gasteiger partial charge in [0.05, 0.1) is 19.2 Å². The summed E-state index contributed by atoms with van der Waals surface area (Å²) >= 11 is 0.979. The highest BCUT2D eigenvalue weighted by molar-refractivity contribution is 7.17. The van der Waals surface area contributed by atoms with Gasteiger partial charge in [-0.3, -0.25) is 0 Å². The van der Waals surface area contributed by atoms with Gasteiger partial charge in [-0.15, -0.1) is 0 Å². The van der Waals surface area contributed by atoms with E-state index in [-0.39, 0.29) is 11.7 Å². The second-order valence-electron chi connectivity index (χ2n) is 3.22. The van der Waals surface area contributed by atoms with E-state index < -0.39 is 18.6 Å². The molecule has 0 aromatic carbocycles. The van der Waals surface area contributed by atoms with Gasteiger partial charge in [-0.1, -0.05) is 11.3 Å². The molecule has 0 saturated heterocycles. The van der Waals surface area contributed by atoms with Crippen molar-refractivity contribution in [2.75, 3.05) is 19.0 Å². The van der Waals surface area contributed by atoms with Crippen molar-refractivity contribution in [2.24, 2.45) is 0 Å². The number of carbonyl (C=O) groups excluding carboxylic acids is 1. The van der Waals surface area contributed by atoms with Gasteiger partial charge in [0, 0.05) is 6.54 Å². The number of alkyl halides is 3. The first kappa shape index (κ1) is 13.8. The molecule has 1 aromatic heterocycles. The van der Waals surface area contributed by atoms with Crippen molar-refractivity contribution in [2.45, 2.75) is 19.5 Å². The van der Waals surface area contributed by atoms with Crippen LogP contribution < -0.4 is 5.32 Å². The molecule has 0 bridgehead atoms. The molecular formula is C9H11F3N2O2S. The summed E-state index contributed by atoms with van der Waals surface area (Å²) in [6.07, 6.45) is -5.15. The Morgan fingerprint density at radius 1 is 1.53 bits per heavy atom. The molecular weight excluding hydrogens is 257 g/mol. The number of methoxy groups -OCH3 is 1. The van der Waals surface area contributed by atoms with Crippen LogP contribution in [0, 0.1) is 6.92 Å². The minimum Gasteiger partial charge on any atom is -0.465 e. The number of nitrogens with zero attached hydrogens (tertiary/aromatic N) is 1. The largest absolute Gasteiger partial charge is 0.465 e. The fourth-order valence-corrected chi connectivity index (χ4v) is 1.98. The van der Waals surface area contributed by atoms with Crippen LogP contribution in [0.4, 0.5) is 18.3 Å². The maximum atomic E-state index is 11.9. The van der Waals surface area contributed by atoms with Crippen molar-refractivity contribution >= 4 is 22.4 Å². The van der Waals surface area contributed by atoms with E-state index in [1.807, 2.05) is 0 Å². The number of aryl methyl sites for hydroxylation is 1. The van der Waals surface area contributed by atoms with E-state index in [9.17, 15) is 18.0 Å². The Bertz CT molecular complexity index is 403. The molecule has 0 aliphatic rings. The smallest absolute Gasteiger partial charge is 0.390 e. The van der Waals surface area contributed by atoms with Crippen LogP contribution in [0.2, 0.25) is 0 Å². The Hall–Kier alpha value is -1.31. The lowest BCUT2D eigenvalue weighted by Crippen LogP contribution is -2.14. The van der Waals surface area contributed by atoms with E-state index in [4.69, 9.17) is 0 Å². The fourth-order valence-electron chi connectivity index (χ4n) is 1.07. The average Bonchev–Trinajstić information content (AvgIpc) is 2.57. The first-order chi connectivity index (χ1) is 7.83. The zero-order valence-corrected chi connectivity index (χ0v) is 10.0. The van der Waals surface area contributed by atoms with Crippen molar-refractivity contribution in [3.05, 3.63) is 10.6 Å².